The van der Waals surface area contributed by atoms with Gasteiger partial charge in [-0.15, -0.1) is 0 Å². The maximum absolute atomic E-state index is 5.22. The summed E-state index contributed by atoms with van der Waals surface area (Å²) in [6, 6.07) is 0. The van der Waals surface area contributed by atoms with Crippen LogP contribution >= 0.6 is 0 Å². The van der Waals surface area contributed by atoms with E-state index in [9.17, 15) is 0 Å². The van der Waals surface area contributed by atoms with E-state index < -0.39 is 0 Å². The van der Waals surface area contributed by atoms with Crippen LogP contribution in [0.15, 0.2) is 0 Å². The maximum Gasteiger partial charge on any atom is 0.0518 e. The molecular formula is C20H40O2. The first-order valence-electron chi connectivity index (χ1n) is 9.57. The summed E-state index contributed by atoms with van der Waals surface area (Å²) in [5.74, 6) is 5.38. The molecule has 1 atom stereocenters. The number of hydrogen-bond donors (Lipinski definition) is 0. The summed E-state index contributed by atoms with van der Waals surface area (Å²) in [7, 11) is 0. The molecule has 2 heteroatoms. The Hall–Kier alpha value is -0.0800. The quantitative estimate of drug-likeness (QED) is 0.693. The van der Waals surface area contributed by atoms with Crippen molar-refractivity contribution in [3.8, 4) is 0 Å². The molecule has 3 fully saturated rings. The Balaban J connectivity index is 0.000000166. The molecule has 0 aromatic rings. The zero-order valence-electron chi connectivity index (χ0n) is 15.9. The lowest BCUT2D eigenvalue weighted by Gasteiger charge is -2.29. The lowest BCUT2D eigenvalue weighted by Crippen LogP contribution is -2.31. The molecule has 1 aliphatic carbocycles. The molecule has 1 unspecified atom stereocenters. The van der Waals surface area contributed by atoms with Crippen LogP contribution in [0.3, 0.4) is 0 Å². The van der Waals surface area contributed by atoms with Crippen molar-refractivity contribution in [1.82, 2.24) is 0 Å². The van der Waals surface area contributed by atoms with Gasteiger partial charge in [-0.25, -0.2) is 0 Å². The van der Waals surface area contributed by atoms with Crippen molar-refractivity contribution >= 4 is 0 Å². The van der Waals surface area contributed by atoms with Crippen molar-refractivity contribution in [2.24, 2.45) is 35.5 Å². The van der Waals surface area contributed by atoms with Crippen LogP contribution in [0.25, 0.3) is 0 Å². The second-order valence-electron chi connectivity index (χ2n) is 8.34. The second kappa shape index (κ2) is 10.6. The van der Waals surface area contributed by atoms with Crippen LogP contribution in [0.5, 0.6) is 0 Å². The van der Waals surface area contributed by atoms with Gasteiger partial charge in [0.25, 0.3) is 0 Å². The monoisotopic (exact) mass is 312 g/mol. The molecule has 132 valence electrons. The highest BCUT2D eigenvalue weighted by atomic mass is 16.5. The van der Waals surface area contributed by atoms with Gasteiger partial charge in [-0.3, -0.25) is 0 Å². The number of ether oxygens (including phenoxy) is 2. The second-order valence-corrected chi connectivity index (χ2v) is 8.34. The first-order valence-corrected chi connectivity index (χ1v) is 9.57. The van der Waals surface area contributed by atoms with Gasteiger partial charge in [0.1, 0.15) is 0 Å². The first kappa shape index (κ1) is 20.0. The molecule has 1 saturated carbocycles. The van der Waals surface area contributed by atoms with Crippen molar-refractivity contribution in [3.05, 3.63) is 0 Å². The zero-order chi connectivity index (χ0) is 16.5. The lowest BCUT2D eigenvalue weighted by molar-refractivity contribution is -0.0534. The van der Waals surface area contributed by atoms with E-state index in [1.807, 2.05) is 0 Å². The Kier molecular flexibility index (Phi) is 9.66. The predicted octanol–water partition coefficient (Wildman–Crippen LogP) is 5.41. The van der Waals surface area contributed by atoms with E-state index in [0.29, 0.717) is 0 Å². The fourth-order valence-corrected chi connectivity index (χ4v) is 2.82. The molecule has 0 aromatic carbocycles. The number of rotatable bonds is 3. The molecule has 3 rings (SSSR count). The average Bonchev–Trinajstić information content (AvgIpc) is 2.76. The van der Waals surface area contributed by atoms with Crippen LogP contribution in [-0.2, 0) is 9.47 Å². The van der Waals surface area contributed by atoms with E-state index in [0.717, 1.165) is 61.9 Å². The Morgan fingerprint density at radius 1 is 0.591 bits per heavy atom. The Labute approximate surface area is 139 Å². The van der Waals surface area contributed by atoms with Crippen molar-refractivity contribution in [2.45, 2.75) is 67.2 Å². The van der Waals surface area contributed by atoms with Crippen LogP contribution in [0.4, 0.5) is 0 Å². The third-order valence-electron chi connectivity index (χ3n) is 5.61. The van der Waals surface area contributed by atoms with Crippen LogP contribution in [0, 0.1) is 35.5 Å². The number of hydrogen-bond acceptors (Lipinski definition) is 2. The average molecular weight is 313 g/mol. The molecular weight excluding hydrogens is 272 g/mol. The minimum Gasteiger partial charge on any atom is -0.381 e. The predicted molar refractivity (Wildman–Crippen MR) is 95.1 cm³/mol. The van der Waals surface area contributed by atoms with Crippen molar-refractivity contribution in [2.75, 3.05) is 26.4 Å². The van der Waals surface area contributed by atoms with Crippen molar-refractivity contribution in [1.29, 1.82) is 0 Å². The molecule has 0 N–H and O–H groups in total. The lowest BCUT2D eigenvalue weighted by atomic mass is 9.78. The third kappa shape index (κ3) is 7.46. The van der Waals surface area contributed by atoms with E-state index in [-0.39, 0.29) is 0 Å². The standard InChI is InChI=1S/C7H14O.C7H14.C6H12O/c1-6(2)7-3-4-8-5-7;1-6(2)7-4-3-5-7;1-5(2)6-3-7-4-6/h6-7H,3-5H2,1-2H3;6-7H,3-5H2,1-2H3;5-6H,3-4H2,1-2H3. The highest BCUT2D eigenvalue weighted by Crippen LogP contribution is 2.32. The Morgan fingerprint density at radius 3 is 1.18 bits per heavy atom. The van der Waals surface area contributed by atoms with Gasteiger partial charge < -0.3 is 9.47 Å². The largest absolute Gasteiger partial charge is 0.381 e. The molecule has 2 nitrogen and oxygen atoms in total. The van der Waals surface area contributed by atoms with E-state index in [1.54, 1.807) is 0 Å². The summed E-state index contributed by atoms with van der Waals surface area (Å²) in [6.07, 6.45) is 5.76. The SMILES string of the molecule is CC(C)C1CCC1.CC(C)C1CCOC1.CC(C)C1COC1. The highest BCUT2D eigenvalue weighted by molar-refractivity contribution is 4.71. The van der Waals surface area contributed by atoms with E-state index in [2.05, 4.69) is 41.5 Å². The fourth-order valence-electron chi connectivity index (χ4n) is 2.82. The topological polar surface area (TPSA) is 18.5 Å². The van der Waals surface area contributed by atoms with E-state index in [4.69, 9.17) is 9.47 Å². The fraction of sp³-hybridized carbons (Fsp3) is 1.00. The summed E-state index contributed by atoms with van der Waals surface area (Å²) < 4.78 is 10.2. The Morgan fingerprint density at radius 2 is 1.09 bits per heavy atom. The first-order chi connectivity index (χ1) is 10.4. The molecule has 3 aliphatic rings. The molecule has 2 heterocycles. The van der Waals surface area contributed by atoms with E-state index >= 15 is 0 Å². The summed E-state index contributed by atoms with van der Waals surface area (Å²) >= 11 is 0. The van der Waals surface area contributed by atoms with Gasteiger partial charge in [0, 0.05) is 19.1 Å². The summed E-state index contributed by atoms with van der Waals surface area (Å²) in [6.45, 7) is 17.6. The molecule has 0 radical (unpaired) electrons. The van der Waals surface area contributed by atoms with Gasteiger partial charge in [-0.1, -0.05) is 60.8 Å². The van der Waals surface area contributed by atoms with Gasteiger partial charge in [0.15, 0.2) is 0 Å². The molecule has 0 aromatic heterocycles. The minimum atomic E-state index is 0.817. The molecule has 22 heavy (non-hydrogen) atoms. The van der Waals surface area contributed by atoms with Crippen LogP contribution in [0.2, 0.25) is 0 Å². The minimum absolute atomic E-state index is 0.817. The third-order valence-corrected chi connectivity index (χ3v) is 5.61. The van der Waals surface area contributed by atoms with Crippen molar-refractivity contribution in [3.63, 3.8) is 0 Å². The van der Waals surface area contributed by atoms with E-state index in [1.165, 1.54) is 25.7 Å². The molecule has 2 saturated heterocycles. The van der Waals surface area contributed by atoms with Crippen LogP contribution in [-0.4, -0.2) is 26.4 Å². The summed E-state index contributed by atoms with van der Waals surface area (Å²) in [5.41, 5.74) is 0. The molecule has 2 aliphatic heterocycles. The molecule has 0 amide bonds. The smallest absolute Gasteiger partial charge is 0.0518 e. The maximum atomic E-state index is 5.22. The van der Waals surface area contributed by atoms with Gasteiger partial charge in [-0.05, 0) is 36.0 Å². The molecule has 0 spiro atoms. The summed E-state index contributed by atoms with van der Waals surface area (Å²) in [4.78, 5) is 0. The van der Waals surface area contributed by atoms with Gasteiger partial charge >= 0.3 is 0 Å². The van der Waals surface area contributed by atoms with Crippen LogP contribution < -0.4 is 0 Å². The zero-order valence-corrected chi connectivity index (χ0v) is 15.9. The van der Waals surface area contributed by atoms with Gasteiger partial charge in [-0.2, -0.15) is 0 Å². The Bertz CT molecular complexity index is 241. The molecule has 0 bridgehead atoms. The van der Waals surface area contributed by atoms with Gasteiger partial charge in [0.05, 0.1) is 13.2 Å². The van der Waals surface area contributed by atoms with Crippen molar-refractivity contribution < 1.29 is 9.47 Å². The van der Waals surface area contributed by atoms with Crippen LogP contribution in [0.1, 0.15) is 67.2 Å². The summed E-state index contributed by atoms with van der Waals surface area (Å²) in [5, 5.41) is 0. The van der Waals surface area contributed by atoms with Gasteiger partial charge in [0.2, 0.25) is 0 Å². The highest BCUT2D eigenvalue weighted by Gasteiger charge is 2.21. The normalized spacial score (nSPS) is 25.2.